The Balaban J connectivity index is 1.51. The van der Waals surface area contributed by atoms with Crippen LogP contribution in [0.1, 0.15) is 63.0 Å². The smallest absolute Gasteiger partial charge is 0.247 e. The fraction of sp³-hybridized carbons (Fsp3) is 0.667. The lowest BCUT2D eigenvalue weighted by molar-refractivity contribution is -0.143. The van der Waals surface area contributed by atoms with E-state index < -0.39 is 6.04 Å². The SMILES string of the molecule is O=C(NCC1(N2CCOCC2)CCCCC1)C(c1ccccc1)N1CCCCC1=O. The fourth-order valence-electron chi connectivity index (χ4n) is 5.41. The summed E-state index contributed by atoms with van der Waals surface area (Å²) in [6.07, 6.45) is 8.33. The molecular formula is C24H35N3O3. The number of carbonyl (C=O) groups excluding carboxylic acids is 2. The maximum atomic E-state index is 13.5. The number of nitrogens with zero attached hydrogens (tertiary/aromatic N) is 2. The highest BCUT2D eigenvalue weighted by Gasteiger charge is 2.40. The summed E-state index contributed by atoms with van der Waals surface area (Å²) in [5, 5.41) is 3.29. The van der Waals surface area contributed by atoms with Gasteiger partial charge in [-0.2, -0.15) is 0 Å². The molecule has 0 radical (unpaired) electrons. The van der Waals surface area contributed by atoms with Crippen molar-refractivity contribution in [1.29, 1.82) is 0 Å². The zero-order valence-electron chi connectivity index (χ0n) is 18.0. The molecule has 0 bridgehead atoms. The molecule has 1 saturated carbocycles. The van der Waals surface area contributed by atoms with E-state index in [9.17, 15) is 9.59 Å². The van der Waals surface area contributed by atoms with Gasteiger partial charge in [0.1, 0.15) is 6.04 Å². The third-order valence-corrected chi connectivity index (χ3v) is 7.09. The maximum absolute atomic E-state index is 13.5. The van der Waals surface area contributed by atoms with Crippen molar-refractivity contribution in [3.8, 4) is 0 Å². The molecule has 2 saturated heterocycles. The summed E-state index contributed by atoms with van der Waals surface area (Å²) in [5.74, 6) is 0.0421. The summed E-state index contributed by atoms with van der Waals surface area (Å²) in [6.45, 7) is 4.71. The largest absolute Gasteiger partial charge is 0.379 e. The molecule has 6 nitrogen and oxygen atoms in total. The van der Waals surface area contributed by atoms with Crippen molar-refractivity contribution in [3.05, 3.63) is 35.9 Å². The highest BCUT2D eigenvalue weighted by atomic mass is 16.5. The number of benzene rings is 1. The lowest BCUT2D eigenvalue weighted by atomic mass is 9.79. The van der Waals surface area contributed by atoms with Crippen LogP contribution >= 0.6 is 0 Å². The number of hydrogen-bond donors (Lipinski definition) is 1. The van der Waals surface area contributed by atoms with Crippen LogP contribution < -0.4 is 5.32 Å². The molecule has 0 spiro atoms. The highest BCUT2D eigenvalue weighted by Crippen LogP contribution is 2.34. The van der Waals surface area contributed by atoms with E-state index in [1.54, 1.807) is 4.90 Å². The minimum Gasteiger partial charge on any atom is -0.379 e. The Kier molecular flexibility index (Phi) is 7.05. The Hall–Kier alpha value is -1.92. The molecule has 164 valence electrons. The molecule has 1 aromatic rings. The first kappa shape index (κ1) is 21.3. The lowest BCUT2D eigenvalue weighted by Crippen LogP contribution is -2.60. The van der Waals surface area contributed by atoms with Gasteiger partial charge in [-0.3, -0.25) is 14.5 Å². The van der Waals surface area contributed by atoms with E-state index in [2.05, 4.69) is 10.2 Å². The average molecular weight is 414 g/mol. The average Bonchev–Trinajstić information content (AvgIpc) is 2.81. The van der Waals surface area contributed by atoms with Crippen LogP contribution in [0.4, 0.5) is 0 Å². The minimum atomic E-state index is -0.538. The number of rotatable bonds is 6. The predicted octanol–water partition coefficient (Wildman–Crippen LogP) is 2.89. The van der Waals surface area contributed by atoms with E-state index in [1.165, 1.54) is 19.3 Å². The number of nitrogens with one attached hydrogen (secondary N) is 1. The molecule has 1 N–H and O–H groups in total. The van der Waals surface area contributed by atoms with Crippen molar-refractivity contribution in [3.63, 3.8) is 0 Å². The van der Waals surface area contributed by atoms with Crippen LogP contribution in [0.3, 0.4) is 0 Å². The molecule has 3 fully saturated rings. The van der Waals surface area contributed by atoms with Gasteiger partial charge >= 0.3 is 0 Å². The maximum Gasteiger partial charge on any atom is 0.247 e. The second-order valence-corrected chi connectivity index (χ2v) is 8.96. The van der Waals surface area contributed by atoms with Crippen LogP contribution in [0.5, 0.6) is 0 Å². The third kappa shape index (κ3) is 4.70. The number of likely N-dealkylation sites (tertiary alicyclic amines) is 1. The monoisotopic (exact) mass is 413 g/mol. The van der Waals surface area contributed by atoms with E-state index in [4.69, 9.17) is 4.74 Å². The van der Waals surface area contributed by atoms with Crippen LogP contribution in [-0.2, 0) is 14.3 Å². The molecule has 1 aromatic carbocycles. The molecule has 6 heteroatoms. The Morgan fingerprint density at radius 1 is 1.00 bits per heavy atom. The first-order chi connectivity index (χ1) is 14.7. The highest BCUT2D eigenvalue weighted by molar-refractivity contribution is 5.89. The minimum absolute atomic E-state index is 0.0187. The normalized spacial score (nSPS) is 23.7. The number of ether oxygens (including phenoxy) is 1. The Bertz CT molecular complexity index is 712. The number of carbonyl (C=O) groups is 2. The van der Waals surface area contributed by atoms with Crippen molar-refractivity contribution in [1.82, 2.24) is 15.1 Å². The van der Waals surface area contributed by atoms with Crippen molar-refractivity contribution in [2.24, 2.45) is 0 Å². The van der Waals surface area contributed by atoms with Gasteiger partial charge in [0.25, 0.3) is 0 Å². The quantitative estimate of drug-likeness (QED) is 0.779. The summed E-state index contributed by atoms with van der Waals surface area (Å²) in [7, 11) is 0. The van der Waals surface area contributed by atoms with Gasteiger partial charge in [0.2, 0.25) is 11.8 Å². The summed E-state index contributed by atoms with van der Waals surface area (Å²) in [5.41, 5.74) is 0.916. The molecule has 4 rings (SSSR count). The zero-order chi connectivity index (χ0) is 20.8. The van der Waals surface area contributed by atoms with Crippen LogP contribution in [0, 0.1) is 0 Å². The van der Waals surface area contributed by atoms with Gasteiger partial charge in [0.05, 0.1) is 13.2 Å². The van der Waals surface area contributed by atoms with Crippen molar-refractivity contribution >= 4 is 11.8 Å². The molecule has 30 heavy (non-hydrogen) atoms. The number of piperidine rings is 1. The van der Waals surface area contributed by atoms with Gasteiger partial charge in [0.15, 0.2) is 0 Å². The molecule has 1 unspecified atom stereocenters. The van der Waals surface area contributed by atoms with Gasteiger partial charge in [0, 0.05) is 38.1 Å². The van der Waals surface area contributed by atoms with E-state index >= 15 is 0 Å². The van der Waals surface area contributed by atoms with Gasteiger partial charge in [-0.25, -0.2) is 0 Å². The second kappa shape index (κ2) is 9.92. The van der Waals surface area contributed by atoms with E-state index in [-0.39, 0.29) is 17.4 Å². The summed E-state index contributed by atoms with van der Waals surface area (Å²) >= 11 is 0. The molecule has 0 aromatic heterocycles. The molecule has 1 aliphatic carbocycles. The van der Waals surface area contributed by atoms with Gasteiger partial charge in [-0.1, -0.05) is 49.6 Å². The van der Waals surface area contributed by atoms with Gasteiger partial charge < -0.3 is 15.0 Å². The molecule has 2 heterocycles. The first-order valence-corrected chi connectivity index (χ1v) is 11.6. The topological polar surface area (TPSA) is 61.9 Å². The molecule has 3 aliphatic rings. The van der Waals surface area contributed by atoms with Crippen molar-refractivity contribution < 1.29 is 14.3 Å². The zero-order valence-corrected chi connectivity index (χ0v) is 18.0. The van der Waals surface area contributed by atoms with Crippen molar-refractivity contribution in [2.75, 3.05) is 39.4 Å². The van der Waals surface area contributed by atoms with E-state index in [0.717, 1.165) is 57.6 Å². The molecule has 2 aliphatic heterocycles. The first-order valence-electron chi connectivity index (χ1n) is 11.6. The van der Waals surface area contributed by atoms with Gasteiger partial charge in [-0.05, 0) is 31.2 Å². The summed E-state index contributed by atoms with van der Waals surface area (Å²) < 4.78 is 5.58. The van der Waals surface area contributed by atoms with Crippen LogP contribution in [0.15, 0.2) is 30.3 Å². The number of hydrogen-bond acceptors (Lipinski definition) is 4. The van der Waals surface area contributed by atoms with Crippen molar-refractivity contribution in [2.45, 2.75) is 62.9 Å². The van der Waals surface area contributed by atoms with Crippen LogP contribution in [0.2, 0.25) is 0 Å². The summed E-state index contributed by atoms with van der Waals surface area (Å²) in [4.78, 5) is 30.5. The van der Waals surface area contributed by atoms with E-state index in [0.29, 0.717) is 19.5 Å². The standard InChI is InChI=1S/C24H35N3O3/c28-21-11-5-8-14-27(21)22(20-9-3-1-4-10-20)23(29)25-19-24(12-6-2-7-13-24)26-15-17-30-18-16-26/h1,3-4,9-10,22H,2,5-8,11-19H2,(H,25,29). The van der Waals surface area contributed by atoms with Gasteiger partial charge in [-0.15, -0.1) is 0 Å². The molecular weight excluding hydrogens is 378 g/mol. The summed E-state index contributed by atoms with van der Waals surface area (Å²) in [6, 6.07) is 9.23. The van der Waals surface area contributed by atoms with Crippen LogP contribution in [0.25, 0.3) is 0 Å². The fourth-order valence-corrected chi connectivity index (χ4v) is 5.41. The number of morpholine rings is 1. The third-order valence-electron chi connectivity index (χ3n) is 7.09. The Labute approximate surface area is 179 Å². The Morgan fingerprint density at radius 2 is 1.73 bits per heavy atom. The second-order valence-electron chi connectivity index (χ2n) is 8.96. The van der Waals surface area contributed by atoms with E-state index in [1.807, 2.05) is 30.3 Å². The van der Waals surface area contributed by atoms with Crippen LogP contribution in [-0.4, -0.2) is 66.5 Å². The lowest BCUT2D eigenvalue weighted by Gasteiger charge is -2.48. The molecule has 2 amide bonds. The molecule has 1 atom stereocenters. The number of amides is 2. The predicted molar refractivity (Wildman–Crippen MR) is 116 cm³/mol. The Morgan fingerprint density at radius 3 is 2.43 bits per heavy atom.